The fourth-order valence-corrected chi connectivity index (χ4v) is 3.92. The van der Waals surface area contributed by atoms with Crippen LogP contribution >= 0.6 is 0 Å². The van der Waals surface area contributed by atoms with Crippen molar-refractivity contribution >= 4 is 22.9 Å². The Morgan fingerprint density at radius 2 is 1.79 bits per heavy atom. The Kier molecular flexibility index (Phi) is 5.31. The van der Waals surface area contributed by atoms with Crippen LogP contribution in [-0.4, -0.2) is 53.4 Å². The smallest absolute Gasteiger partial charge is 0.270 e. The van der Waals surface area contributed by atoms with Crippen molar-refractivity contribution in [2.75, 3.05) is 32.7 Å². The molecule has 1 amide bonds. The molecule has 3 aromatic rings. The first-order valence-electron chi connectivity index (χ1n) is 9.93. The predicted octanol–water partition coefficient (Wildman–Crippen LogP) is 4.26. The van der Waals surface area contributed by atoms with Crippen LogP contribution in [0, 0.1) is 13.8 Å². The van der Waals surface area contributed by atoms with Crippen molar-refractivity contribution in [3.05, 3.63) is 77.0 Å². The molecule has 1 aromatic heterocycles. The Morgan fingerprint density at radius 1 is 1.04 bits per heavy atom. The molecule has 4 heteroatoms. The van der Waals surface area contributed by atoms with Gasteiger partial charge in [0.1, 0.15) is 5.69 Å². The van der Waals surface area contributed by atoms with Crippen molar-refractivity contribution in [2.24, 2.45) is 0 Å². The molecular weight excluding hydrogens is 346 g/mol. The second-order valence-electron chi connectivity index (χ2n) is 7.63. The van der Waals surface area contributed by atoms with E-state index in [2.05, 4.69) is 72.3 Å². The van der Waals surface area contributed by atoms with Crippen molar-refractivity contribution in [2.45, 2.75) is 13.8 Å². The van der Waals surface area contributed by atoms with Gasteiger partial charge < -0.3 is 9.88 Å². The number of benzene rings is 2. The van der Waals surface area contributed by atoms with Crippen LogP contribution in [0.3, 0.4) is 0 Å². The second-order valence-corrected chi connectivity index (χ2v) is 7.63. The van der Waals surface area contributed by atoms with Crippen LogP contribution in [0.5, 0.6) is 0 Å². The minimum atomic E-state index is 0.104. The number of carbonyl (C=O) groups excluding carboxylic acids is 1. The zero-order chi connectivity index (χ0) is 19.5. The van der Waals surface area contributed by atoms with E-state index in [1.807, 2.05) is 17.0 Å². The number of amides is 1. The van der Waals surface area contributed by atoms with E-state index < -0.39 is 0 Å². The number of aromatic amines is 1. The Morgan fingerprint density at radius 3 is 2.54 bits per heavy atom. The topological polar surface area (TPSA) is 39.3 Å². The van der Waals surface area contributed by atoms with Crippen LogP contribution < -0.4 is 0 Å². The molecule has 0 radical (unpaired) electrons. The second kappa shape index (κ2) is 8.03. The predicted molar refractivity (Wildman–Crippen MR) is 116 cm³/mol. The SMILES string of the molecule is Cc1cc(C)c2cc(C(=O)N3CCN(C/C=C/c4ccccc4)CC3)[nH]c2c1. The Hall–Kier alpha value is -2.85. The maximum Gasteiger partial charge on any atom is 0.270 e. The van der Waals surface area contributed by atoms with E-state index in [9.17, 15) is 4.79 Å². The summed E-state index contributed by atoms with van der Waals surface area (Å²) in [6.45, 7) is 8.45. The van der Waals surface area contributed by atoms with Crippen molar-refractivity contribution < 1.29 is 4.79 Å². The molecule has 144 valence electrons. The van der Waals surface area contributed by atoms with E-state index >= 15 is 0 Å². The van der Waals surface area contributed by atoms with E-state index in [1.165, 1.54) is 16.7 Å². The van der Waals surface area contributed by atoms with Crippen LogP contribution in [0.4, 0.5) is 0 Å². The fraction of sp³-hybridized carbons (Fsp3) is 0.292. The quantitative estimate of drug-likeness (QED) is 0.742. The third-order valence-corrected chi connectivity index (χ3v) is 5.45. The largest absolute Gasteiger partial charge is 0.351 e. The maximum atomic E-state index is 12.9. The number of piperazine rings is 1. The summed E-state index contributed by atoms with van der Waals surface area (Å²) in [5.74, 6) is 0.104. The summed E-state index contributed by atoms with van der Waals surface area (Å²) in [6.07, 6.45) is 4.36. The third kappa shape index (κ3) is 4.02. The summed E-state index contributed by atoms with van der Waals surface area (Å²) in [5, 5.41) is 1.14. The first-order chi connectivity index (χ1) is 13.6. The lowest BCUT2D eigenvalue weighted by atomic mass is 10.1. The number of aryl methyl sites for hydroxylation is 2. The highest BCUT2D eigenvalue weighted by Gasteiger charge is 2.23. The van der Waals surface area contributed by atoms with E-state index in [1.54, 1.807) is 0 Å². The van der Waals surface area contributed by atoms with Gasteiger partial charge in [0, 0.05) is 43.6 Å². The van der Waals surface area contributed by atoms with Crippen LogP contribution in [0.15, 0.2) is 54.6 Å². The summed E-state index contributed by atoms with van der Waals surface area (Å²) in [5.41, 5.74) is 5.38. The lowest BCUT2D eigenvalue weighted by Gasteiger charge is -2.33. The fourth-order valence-electron chi connectivity index (χ4n) is 3.92. The van der Waals surface area contributed by atoms with E-state index in [0.29, 0.717) is 5.69 Å². The number of hydrogen-bond acceptors (Lipinski definition) is 2. The maximum absolute atomic E-state index is 12.9. The van der Waals surface area contributed by atoms with Crippen LogP contribution in [0.2, 0.25) is 0 Å². The molecule has 0 aliphatic carbocycles. The van der Waals surface area contributed by atoms with E-state index in [0.717, 1.165) is 43.6 Å². The highest BCUT2D eigenvalue weighted by atomic mass is 16.2. The van der Waals surface area contributed by atoms with Gasteiger partial charge in [-0.2, -0.15) is 0 Å². The molecular formula is C24H27N3O. The third-order valence-electron chi connectivity index (χ3n) is 5.45. The summed E-state index contributed by atoms with van der Waals surface area (Å²) in [4.78, 5) is 20.6. The highest BCUT2D eigenvalue weighted by molar-refractivity contribution is 5.99. The van der Waals surface area contributed by atoms with Gasteiger partial charge in [0.25, 0.3) is 5.91 Å². The van der Waals surface area contributed by atoms with Gasteiger partial charge in [-0.1, -0.05) is 48.6 Å². The van der Waals surface area contributed by atoms with Gasteiger partial charge >= 0.3 is 0 Å². The molecule has 1 aliphatic rings. The van der Waals surface area contributed by atoms with Gasteiger partial charge in [-0.15, -0.1) is 0 Å². The summed E-state index contributed by atoms with van der Waals surface area (Å²) in [6, 6.07) is 16.6. The van der Waals surface area contributed by atoms with Gasteiger partial charge in [-0.25, -0.2) is 0 Å². The number of fused-ring (bicyclic) bond motifs is 1. The molecule has 1 saturated heterocycles. The lowest BCUT2D eigenvalue weighted by Crippen LogP contribution is -2.48. The molecule has 1 N–H and O–H groups in total. The highest BCUT2D eigenvalue weighted by Crippen LogP contribution is 2.22. The average molecular weight is 374 g/mol. The number of aromatic nitrogens is 1. The lowest BCUT2D eigenvalue weighted by molar-refractivity contribution is 0.0645. The van der Waals surface area contributed by atoms with Gasteiger partial charge in [-0.3, -0.25) is 9.69 Å². The molecule has 0 atom stereocenters. The van der Waals surface area contributed by atoms with Crippen molar-refractivity contribution in [3.63, 3.8) is 0 Å². The molecule has 0 unspecified atom stereocenters. The monoisotopic (exact) mass is 373 g/mol. The van der Waals surface area contributed by atoms with Crippen LogP contribution in [0.1, 0.15) is 27.2 Å². The number of rotatable bonds is 4. The molecule has 0 spiro atoms. The molecule has 28 heavy (non-hydrogen) atoms. The summed E-state index contributed by atoms with van der Waals surface area (Å²) >= 11 is 0. The normalized spacial score (nSPS) is 15.6. The van der Waals surface area contributed by atoms with Crippen LogP contribution in [-0.2, 0) is 0 Å². The molecule has 2 heterocycles. The molecule has 4 rings (SSSR count). The van der Waals surface area contributed by atoms with Crippen molar-refractivity contribution in [3.8, 4) is 0 Å². The Balaban J connectivity index is 1.35. The van der Waals surface area contributed by atoms with Gasteiger partial charge in [-0.05, 0) is 42.7 Å². The summed E-state index contributed by atoms with van der Waals surface area (Å²) in [7, 11) is 0. The minimum Gasteiger partial charge on any atom is -0.351 e. The molecule has 4 nitrogen and oxygen atoms in total. The summed E-state index contributed by atoms with van der Waals surface area (Å²) < 4.78 is 0. The van der Waals surface area contributed by atoms with Crippen molar-refractivity contribution in [1.82, 2.24) is 14.8 Å². The number of carbonyl (C=O) groups is 1. The standard InChI is InChI=1S/C24H27N3O/c1-18-15-19(2)21-17-23(25-22(21)16-18)24(28)27-13-11-26(12-14-27)10-6-9-20-7-4-3-5-8-20/h3-9,15-17,25H,10-14H2,1-2H3/b9-6+. The van der Waals surface area contributed by atoms with Crippen LogP contribution in [0.25, 0.3) is 17.0 Å². The average Bonchev–Trinajstić information content (AvgIpc) is 3.13. The number of nitrogens with one attached hydrogen (secondary N) is 1. The Labute approximate surface area is 166 Å². The van der Waals surface area contributed by atoms with E-state index in [4.69, 9.17) is 0 Å². The molecule has 2 aromatic carbocycles. The number of H-pyrrole nitrogens is 1. The minimum absolute atomic E-state index is 0.104. The van der Waals surface area contributed by atoms with Gasteiger partial charge in [0.15, 0.2) is 0 Å². The zero-order valence-electron chi connectivity index (χ0n) is 16.6. The Bertz CT molecular complexity index is 995. The van der Waals surface area contributed by atoms with Gasteiger partial charge in [0.2, 0.25) is 0 Å². The first-order valence-corrected chi connectivity index (χ1v) is 9.93. The number of nitrogens with zero attached hydrogens (tertiary/aromatic N) is 2. The number of hydrogen-bond donors (Lipinski definition) is 1. The van der Waals surface area contributed by atoms with E-state index in [-0.39, 0.29) is 5.91 Å². The molecule has 0 bridgehead atoms. The molecule has 0 saturated carbocycles. The molecule has 1 fully saturated rings. The van der Waals surface area contributed by atoms with Gasteiger partial charge in [0.05, 0.1) is 0 Å². The first kappa shape index (κ1) is 18.5. The van der Waals surface area contributed by atoms with Crippen molar-refractivity contribution in [1.29, 1.82) is 0 Å². The molecule has 1 aliphatic heterocycles. The zero-order valence-corrected chi connectivity index (χ0v) is 16.6.